The van der Waals surface area contributed by atoms with Crippen molar-refractivity contribution in [1.82, 2.24) is 9.80 Å². The maximum atomic E-state index is 12.7. The molecule has 4 heteroatoms. The van der Waals surface area contributed by atoms with Gasteiger partial charge in [0.05, 0.1) is 5.60 Å². The van der Waals surface area contributed by atoms with E-state index in [1.165, 1.54) is 18.4 Å². The first kappa shape index (κ1) is 18.9. The monoisotopic (exact) mass is 370 g/mol. The number of hydrogen-bond donors (Lipinski definition) is 0. The molecule has 1 aliphatic carbocycles. The number of rotatable bonds is 4. The van der Waals surface area contributed by atoms with Crippen molar-refractivity contribution in [2.75, 3.05) is 26.7 Å². The fraction of sp³-hybridized carbons (Fsp3) is 0.696. The van der Waals surface area contributed by atoms with E-state index in [9.17, 15) is 4.79 Å². The maximum absolute atomic E-state index is 12.7. The molecule has 1 atom stereocenters. The van der Waals surface area contributed by atoms with Gasteiger partial charge in [-0.1, -0.05) is 43.2 Å². The van der Waals surface area contributed by atoms with Gasteiger partial charge in [0.25, 0.3) is 0 Å². The summed E-state index contributed by atoms with van der Waals surface area (Å²) in [5.74, 6) is 0.715. The van der Waals surface area contributed by atoms with Crippen LogP contribution in [0, 0.1) is 5.92 Å². The van der Waals surface area contributed by atoms with Gasteiger partial charge in [-0.2, -0.15) is 0 Å². The minimum Gasteiger partial charge on any atom is -0.375 e. The number of benzene rings is 1. The lowest BCUT2D eigenvalue weighted by Crippen LogP contribution is -2.54. The van der Waals surface area contributed by atoms with Gasteiger partial charge in [0, 0.05) is 38.2 Å². The minimum absolute atomic E-state index is 0.0136. The summed E-state index contributed by atoms with van der Waals surface area (Å²) in [5.41, 5.74) is 1.36. The van der Waals surface area contributed by atoms with Gasteiger partial charge in [0.1, 0.15) is 0 Å². The third-order valence-corrected chi connectivity index (χ3v) is 7.06. The van der Waals surface area contributed by atoms with Crippen LogP contribution < -0.4 is 0 Å². The maximum Gasteiger partial charge on any atom is 0.225 e. The number of hydrogen-bond acceptors (Lipinski definition) is 3. The Hall–Kier alpha value is -1.39. The molecule has 3 fully saturated rings. The van der Waals surface area contributed by atoms with Crippen molar-refractivity contribution in [2.45, 2.75) is 69.6 Å². The zero-order valence-electron chi connectivity index (χ0n) is 16.7. The molecule has 4 nitrogen and oxygen atoms in total. The Morgan fingerprint density at radius 3 is 2.56 bits per heavy atom. The molecule has 0 radical (unpaired) electrons. The molecule has 2 saturated heterocycles. The van der Waals surface area contributed by atoms with E-state index >= 15 is 0 Å². The summed E-state index contributed by atoms with van der Waals surface area (Å²) in [4.78, 5) is 17.3. The summed E-state index contributed by atoms with van der Waals surface area (Å²) < 4.78 is 6.33. The van der Waals surface area contributed by atoms with E-state index in [0.717, 1.165) is 64.8 Å². The molecule has 4 rings (SSSR count). The molecule has 1 aromatic rings. The van der Waals surface area contributed by atoms with Crippen LogP contribution in [0.1, 0.15) is 56.9 Å². The van der Waals surface area contributed by atoms with Crippen molar-refractivity contribution in [2.24, 2.45) is 5.92 Å². The molecule has 27 heavy (non-hydrogen) atoms. The fourth-order valence-corrected chi connectivity index (χ4v) is 5.29. The SMILES string of the molecule is CN(Cc1ccccc1)C1CCOC2(CCN(C(=O)C3CCCC3)CC2)C1. The minimum atomic E-state index is -0.0136. The summed E-state index contributed by atoms with van der Waals surface area (Å²) in [6.45, 7) is 3.60. The highest BCUT2D eigenvalue weighted by molar-refractivity contribution is 5.79. The van der Waals surface area contributed by atoms with Gasteiger partial charge < -0.3 is 9.64 Å². The molecule has 148 valence electrons. The van der Waals surface area contributed by atoms with E-state index in [1.54, 1.807) is 0 Å². The molecular formula is C23H34N2O2. The summed E-state index contributed by atoms with van der Waals surface area (Å²) in [7, 11) is 2.25. The van der Waals surface area contributed by atoms with Crippen LogP contribution in [0.5, 0.6) is 0 Å². The van der Waals surface area contributed by atoms with Gasteiger partial charge in [0.2, 0.25) is 5.91 Å². The van der Waals surface area contributed by atoms with Crippen LogP contribution >= 0.6 is 0 Å². The first-order valence-electron chi connectivity index (χ1n) is 10.8. The summed E-state index contributed by atoms with van der Waals surface area (Å²) in [6.07, 6.45) is 8.87. The molecule has 1 aromatic carbocycles. The summed E-state index contributed by atoms with van der Waals surface area (Å²) >= 11 is 0. The Kier molecular flexibility index (Phi) is 5.84. The van der Waals surface area contributed by atoms with Crippen molar-refractivity contribution < 1.29 is 9.53 Å². The quantitative estimate of drug-likeness (QED) is 0.807. The number of ether oxygens (including phenoxy) is 1. The molecule has 0 aromatic heterocycles. The lowest BCUT2D eigenvalue weighted by molar-refractivity contribution is -0.151. The third kappa shape index (κ3) is 4.38. The number of carbonyl (C=O) groups is 1. The highest BCUT2D eigenvalue weighted by Crippen LogP contribution is 2.38. The van der Waals surface area contributed by atoms with Crippen molar-refractivity contribution in [3.8, 4) is 0 Å². The molecule has 0 bridgehead atoms. The van der Waals surface area contributed by atoms with Gasteiger partial charge in [-0.3, -0.25) is 9.69 Å². The van der Waals surface area contributed by atoms with Crippen LogP contribution in [0.25, 0.3) is 0 Å². The smallest absolute Gasteiger partial charge is 0.225 e. The van der Waals surface area contributed by atoms with Crippen molar-refractivity contribution in [1.29, 1.82) is 0 Å². The van der Waals surface area contributed by atoms with Crippen LogP contribution in [-0.2, 0) is 16.1 Å². The Labute approximate surface area is 163 Å². The Morgan fingerprint density at radius 2 is 1.85 bits per heavy atom. The number of carbonyl (C=O) groups excluding carboxylic acids is 1. The van der Waals surface area contributed by atoms with Crippen LogP contribution in [0.3, 0.4) is 0 Å². The van der Waals surface area contributed by atoms with E-state index in [2.05, 4.69) is 47.2 Å². The Balaban J connectivity index is 1.32. The van der Waals surface area contributed by atoms with E-state index in [1.807, 2.05) is 0 Å². The third-order valence-electron chi connectivity index (χ3n) is 7.06. The van der Waals surface area contributed by atoms with Crippen LogP contribution in [-0.4, -0.2) is 54.1 Å². The van der Waals surface area contributed by atoms with Crippen molar-refractivity contribution >= 4 is 5.91 Å². The topological polar surface area (TPSA) is 32.8 Å². The number of likely N-dealkylation sites (tertiary alicyclic amines) is 1. The van der Waals surface area contributed by atoms with Gasteiger partial charge >= 0.3 is 0 Å². The highest BCUT2D eigenvalue weighted by Gasteiger charge is 2.42. The lowest BCUT2D eigenvalue weighted by Gasteiger charge is -2.48. The average molecular weight is 371 g/mol. The second-order valence-electron chi connectivity index (χ2n) is 8.89. The van der Waals surface area contributed by atoms with Gasteiger partial charge in [-0.15, -0.1) is 0 Å². The zero-order valence-corrected chi connectivity index (χ0v) is 16.7. The van der Waals surface area contributed by atoms with Crippen molar-refractivity contribution in [3.05, 3.63) is 35.9 Å². The second kappa shape index (κ2) is 8.32. The van der Waals surface area contributed by atoms with E-state index in [4.69, 9.17) is 4.74 Å². The van der Waals surface area contributed by atoms with E-state index in [-0.39, 0.29) is 5.60 Å². The molecule has 1 unspecified atom stereocenters. The molecular weight excluding hydrogens is 336 g/mol. The van der Waals surface area contributed by atoms with Gasteiger partial charge in [-0.25, -0.2) is 0 Å². The number of piperidine rings is 1. The normalized spacial score (nSPS) is 26.0. The second-order valence-corrected chi connectivity index (χ2v) is 8.89. The Bertz CT molecular complexity index is 619. The zero-order chi connectivity index (χ0) is 18.7. The Morgan fingerprint density at radius 1 is 1.15 bits per heavy atom. The fourth-order valence-electron chi connectivity index (χ4n) is 5.29. The lowest BCUT2D eigenvalue weighted by atomic mass is 9.81. The highest BCUT2D eigenvalue weighted by atomic mass is 16.5. The van der Waals surface area contributed by atoms with Crippen LogP contribution in [0.2, 0.25) is 0 Å². The number of amides is 1. The van der Waals surface area contributed by atoms with Crippen molar-refractivity contribution in [3.63, 3.8) is 0 Å². The summed E-state index contributed by atoms with van der Waals surface area (Å²) in [5, 5.41) is 0. The molecule has 1 saturated carbocycles. The molecule has 2 aliphatic heterocycles. The van der Waals surface area contributed by atoms with Gasteiger partial charge in [-0.05, 0) is 51.1 Å². The average Bonchev–Trinajstić information content (AvgIpc) is 3.24. The summed E-state index contributed by atoms with van der Waals surface area (Å²) in [6, 6.07) is 11.3. The first-order valence-corrected chi connectivity index (χ1v) is 10.8. The number of nitrogens with zero attached hydrogens (tertiary/aromatic N) is 2. The molecule has 1 amide bonds. The van der Waals surface area contributed by atoms with Gasteiger partial charge in [0.15, 0.2) is 0 Å². The van der Waals surface area contributed by atoms with Crippen LogP contribution in [0.15, 0.2) is 30.3 Å². The largest absolute Gasteiger partial charge is 0.375 e. The molecule has 0 N–H and O–H groups in total. The van der Waals surface area contributed by atoms with Crippen LogP contribution in [0.4, 0.5) is 0 Å². The molecule has 3 aliphatic rings. The van der Waals surface area contributed by atoms with E-state index in [0.29, 0.717) is 17.9 Å². The predicted molar refractivity (Wildman–Crippen MR) is 107 cm³/mol. The predicted octanol–water partition coefficient (Wildman–Crippen LogP) is 3.85. The standard InChI is InChI=1S/C23H34N2O2/c1-24(18-19-7-3-2-4-8-19)21-11-16-27-23(17-21)12-14-25(15-13-23)22(26)20-9-5-6-10-20/h2-4,7-8,20-21H,5-6,9-18H2,1H3. The molecule has 2 heterocycles. The van der Waals surface area contributed by atoms with E-state index < -0.39 is 0 Å². The molecule has 1 spiro atoms. The first-order chi connectivity index (χ1) is 13.2.